The minimum absolute atomic E-state index is 0.0701. The molecule has 0 bridgehead atoms. The average Bonchev–Trinajstić information content (AvgIpc) is 3.01. The van der Waals surface area contributed by atoms with Crippen molar-refractivity contribution >= 4 is 5.91 Å². The number of nitrogens with zero attached hydrogens (tertiary/aromatic N) is 3. The van der Waals surface area contributed by atoms with E-state index in [0.717, 1.165) is 24.6 Å². The van der Waals surface area contributed by atoms with E-state index in [4.69, 9.17) is 5.73 Å². The topological polar surface area (TPSA) is 87.9 Å². The SMILES string of the molecule is CC(C)(C)c1n[nH]c(CN2C[C@@H]3CCC[C@H]3[C@@H]2C(N)=O)n1. The van der Waals surface area contributed by atoms with Crippen LogP contribution in [0.25, 0.3) is 0 Å². The number of likely N-dealkylation sites (tertiary alicyclic amines) is 1. The van der Waals surface area contributed by atoms with E-state index in [0.29, 0.717) is 18.4 Å². The standard InChI is InChI=1S/C15H25N5O/c1-15(2,3)14-17-11(18-19-14)8-20-7-9-5-4-6-10(9)12(20)13(16)21/h9-10,12H,4-8H2,1-3H3,(H2,16,21)(H,17,18,19)/t9-,10+,12+/m0/s1. The molecule has 3 N–H and O–H groups in total. The van der Waals surface area contributed by atoms with Crippen LogP contribution in [-0.4, -0.2) is 38.6 Å². The zero-order valence-electron chi connectivity index (χ0n) is 13.1. The van der Waals surface area contributed by atoms with Gasteiger partial charge in [-0.3, -0.25) is 14.8 Å². The maximum atomic E-state index is 11.8. The van der Waals surface area contributed by atoms with Crippen molar-refractivity contribution in [3.63, 3.8) is 0 Å². The van der Waals surface area contributed by atoms with Crippen molar-refractivity contribution in [2.24, 2.45) is 17.6 Å². The van der Waals surface area contributed by atoms with Gasteiger partial charge in [-0.15, -0.1) is 0 Å². The smallest absolute Gasteiger partial charge is 0.235 e. The first-order chi connectivity index (χ1) is 9.86. The van der Waals surface area contributed by atoms with E-state index in [1.165, 1.54) is 12.8 Å². The molecule has 0 aromatic carbocycles. The fourth-order valence-corrected chi connectivity index (χ4v) is 3.84. The highest BCUT2D eigenvalue weighted by molar-refractivity contribution is 5.80. The molecule has 1 aliphatic heterocycles. The number of nitrogens with one attached hydrogen (secondary N) is 1. The van der Waals surface area contributed by atoms with Gasteiger partial charge in [0, 0.05) is 12.0 Å². The summed E-state index contributed by atoms with van der Waals surface area (Å²) in [7, 11) is 0. The Bertz CT molecular complexity index is 532. The van der Waals surface area contributed by atoms with Crippen molar-refractivity contribution in [3.05, 3.63) is 11.6 Å². The van der Waals surface area contributed by atoms with Gasteiger partial charge >= 0.3 is 0 Å². The molecule has 2 heterocycles. The van der Waals surface area contributed by atoms with Gasteiger partial charge < -0.3 is 5.73 Å². The summed E-state index contributed by atoms with van der Waals surface area (Å²) in [5.74, 6) is 2.50. The zero-order valence-corrected chi connectivity index (χ0v) is 13.1. The number of nitrogens with two attached hydrogens (primary N) is 1. The van der Waals surface area contributed by atoms with Crippen LogP contribution < -0.4 is 5.73 Å². The number of primary amides is 1. The van der Waals surface area contributed by atoms with E-state index >= 15 is 0 Å². The summed E-state index contributed by atoms with van der Waals surface area (Å²) in [6.07, 6.45) is 3.57. The third-order valence-electron chi connectivity index (χ3n) is 4.83. The molecular formula is C15H25N5O. The molecule has 6 nitrogen and oxygen atoms in total. The second kappa shape index (κ2) is 5.09. The number of carbonyl (C=O) groups excluding carboxylic acids is 1. The van der Waals surface area contributed by atoms with Gasteiger partial charge in [-0.25, -0.2) is 4.98 Å². The summed E-state index contributed by atoms with van der Waals surface area (Å²) in [4.78, 5) is 18.6. The van der Waals surface area contributed by atoms with Crippen LogP contribution in [0.1, 0.15) is 51.7 Å². The fourth-order valence-electron chi connectivity index (χ4n) is 3.84. The van der Waals surface area contributed by atoms with Crippen LogP contribution in [0.15, 0.2) is 0 Å². The second-order valence-electron chi connectivity index (χ2n) is 7.49. The van der Waals surface area contributed by atoms with Gasteiger partial charge in [0.2, 0.25) is 5.91 Å². The number of hydrogen-bond donors (Lipinski definition) is 2. The van der Waals surface area contributed by atoms with Gasteiger partial charge in [0.25, 0.3) is 0 Å². The molecule has 1 saturated heterocycles. The second-order valence-corrected chi connectivity index (χ2v) is 7.49. The third-order valence-corrected chi connectivity index (χ3v) is 4.83. The molecule has 3 rings (SSSR count). The molecule has 2 aliphatic rings. The quantitative estimate of drug-likeness (QED) is 0.875. The highest BCUT2D eigenvalue weighted by Gasteiger charge is 2.46. The Kier molecular flexibility index (Phi) is 3.51. The Morgan fingerprint density at radius 2 is 2.19 bits per heavy atom. The lowest BCUT2D eigenvalue weighted by molar-refractivity contribution is -0.123. The predicted molar refractivity (Wildman–Crippen MR) is 79.3 cm³/mol. The lowest BCUT2D eigenvalue weighted by Gasteiger charge is -2.23. The number of H-pyrrole nitrogens is 1. The third kappa shape index (κ3) is 2.69. The lowest BCUT2D eigenvalue weighted by Crippen LogP contribution is -2.43. The summed E-state index contributed by atoms with van der Waals surface area (Å²) >= 11 is 0. The molecule has 1 amide bonds. The lowest BCUT2D eigenvalue weighted by atomic mass is 9.94. The van der Waals surface area contributed by atoms with Gasteiger partial charge in [-0.2, -0.15) is 5.10 Å². The normalized spacial score (nSPS) is 29.8. The van der Waals surface area contributed by atoms with Crippen molar-refractivity contribution in [3.8, 4) is 0 Å². The van der Waals surface area contributed by atoms with Crippen molar-refractivity contribution in [1.82, 2.24) is 20.1 Å². The largest absolute Gasteiger partial charge is 0.368 e. The molecule has 116 valence electrons. The summed E-state index contributed by atoms with van der Waals surface area (Å²) in [5, 5.41) is 7.30. The maximum Gasteiger partial charge on any atom is 0.235 e. The van der Waals surface area contributed by atoms with E-state index in [9.17, 15) is 4.79 Å². The van der Waals surface area contributed by atoms with E-state index in [2.05, 4.69) is 40.9 Å². The summed E-state index contributed by atoms with van der Waals surface area (Å²) in [6.45, 7) is 7.85. The Morgan fingerprint density at radius 3 is 2.81 bits per heavy atom. The Labute approximate surface area is 125 Å². The minimum Gasteiger partial charge on any atom is -0.368 e. The monoisotopic (exact) mass is 291 g/mol. The van der Waals surface area contributed by atoms with Crippen molar-refractivity contribution < 1.29 is 4.79 Å². The van der Waals surface area contributed by atoms with Crippen LogP contribution in [0.3, 0.4) is 0 Å². The van der Waals surface area contributed by atoms with E-state index in [-0.39, 0.29) is 17.4 Å². The van der Waals surface area contributed by atoms with Crippen molar-refractivity contribution in [2.75, 3.05) is 6.54 Å². The summed E-state index contributed by atoms with van der Waals surface area (Å²) in [6, 6.07) is -0.138. The summed E-state index contributed by atoms with van der Waals surface area (Å²) < 4.78 is 0. The van der Waals surface area contributed by atoms with Crippen molar-refractivity contribution in [2.45, 2.75) is 58.0 Å². The van der Waals surface area contributed by atoms with E-state index in [1.807, 2.05) is 0 Å². The molecule has 1 aromatic rings. The first kappa shape index (κ1) is 14.5. The fraction of sp³-hybridized carbons (Fsp3) is 0.800. The molecule has 2 fully saturated rings. The van der Waals surface area contributed by atoms with Crippen molar-refractivity contribution in [1.29, 1.82) is 0 Å². The zero-order chi connectivity index (χ0) is 15.2. The molecule has 0 unspecified atom stereocenters. The van der Waals surface area contributed by atoms with Gasteiger partial charge in [0.1, 0.15) is 5.82 Å². The minimum atomic E-state index is -0.194. The summed E-state index contributed by atoms with van der Waals surface area (Å²) in [5.41, 5.74) is 5.58. The number of aromatic nitrogens is 3. The van der Waals surface area contributed by atoms with Crippen LogP contribution in [0.2, 0.25) is 0 Å². The van der Waals surface area contributed by atoms with Gasteiger partial charge in [-0.1, -0.05) is 27.2 Å². The number of rotatable bonds is 3. The first-order valence-electron chi connectivity index (χ1n) is 7.81. The van der Waals surface area contributed by atoms with Gasteiger partial charge in [0.05, 0.1) is 12.6 Å². The Balaban J connectivity index is 1.75. The van der Waals surface area contributed by atoms with Crippen LogP contribution in [0, 0.1) is 11.8 Å². The molecule has 1 aliphatic carbocycles. The molecule has 0 radical (unpaired) electrons. The molecule has 0 spiro atoms. The Morgan fingerprint density at radius 1 is 1.43 bits per heavy atom. The highest BCUT2D eigenvalue weighted by atomic mass is 16.1. The number of aromatic amines is 1. The number of hydrogen-bond acceptors (Lipinski definition) is 4. The molecule has 21 heavy (non-hydrogen) atoms. The number of carbonyl (C=O) groups is 1. The number of amides is 1. The van der Waals surface area contributed by atoms with E-state index < -0.39 is 0 Å². The molecule has 1 aromatic heterocycles. The number of fused-ring (bicyclic) bond motifs is 1. The molecule has 3 atom stereocenters. The maximum absolute atomic E-state index is 11.8. The van der Waals surface area contributed by atoms with Crippen LogP contribution in [0.5, 0.6) is 0 Å². The predicted octanol–water partition coefficient (Wildman–Crippen LogP) is 1.19. The van der Waals surface area contributed by atoms with Gasteiger partial charge in [0.15, 0.2) is 5.82 Å². The molecule has 6 heteroatoms. The Hall–Kier alpha value is -1.43. The first-order valence-corrected chi connectivity index (χ1v) is 7.81. The van der Waals surface area contributed by atoms with Gasteiger partial charge in [-0.05, 0) is 24.7 Å². The molecular weight excluding hydrogens is 266 g/mol. The highest BCUT2D eigenvalue weighted by Crippen LogP contribution is 2.42. The average molecular weight is 291 g/mol. The van der Waals surface area contributed by atoms with Crippen LogP contribution >= 0.6 is 0 Å². The van der Waals surface area contributed by atoms with Crippen LogP contribution in [-0.2, 0) is 16.8 Å². The molecule has 1 saturated carbocycles. The van der Waals surface area contributed by atoms with Crippen LogP contribution in [0.4, 0.5) is 0 Å². The van der Waals surface area contributed by atoms with E-state index in [1.54, 1.807) is 0 Å².